The Bertz CT molecular complexity index is 1300. The van der Waals surface area contributed by atoms with E-state index in [0.717, 1.165) is 77.0 Å². The van der Waals surface area contributed by atoms with E-state index in [1.54, 1.807) is 0 Å². The molecule has 2 atom stereocenters. The Hall–Kier alpha value is -3.07. The van der Waals surface area contributed by atoms with Gasteiger partial charge in [-0.05, 0) is 83.5 Å². The van der Waals surface area contributed by atoms with Crippen LogP contribution in [0.3, 0.4) is 0 Å². The highest BCUT2D eigenvalue weighted by molar-refractivity contribution is 7.47. The van der Waals surface area contributed by atoms with Gasteiger partial charge in [-0.2, -0.15) is 0 Å². The average Bonchev–Trinajstić information content (AvgIpc) is 3.17. The second-order valence-electron chi connectivity index (χ2n) is 15.3. The summed E-state index contributed by atoms with van der Waals surface area (Å²) in [6, 6.07) is 0. The molecule has 0 saturated carbocycles. The normalized spacial score (nSPS) is 14.5. The second-order valence-corrected chi connectivity index (χ2v) is 16.8. The maximum Gasteiger partial charge on any atom is 0.472 e. The lowest BCUT2D eigenvalue weighted by Crippen LogP contribution is -2.37. The van der Waals surface area contributed by atoms with Crippen LogP contribution in [-0.2, 0) is 32.7 Å². The number of carbonyl (C=O) groups excluding carboxylic acids is 2. The third-order valence-corrected chi connectivity index (χ3v) is 9.60. The summed E-state index contributed by atoms with van der Waals surface area (Å²) in [4.78, 5) is 35.3. The van der Waals surface area contributed by atoms with Crippen LogP contribution in [0.5, 0.6) is 0 Å². The van der Waals surface area contributed by atoms with E-state index in [1.165, 1.54) is 25.7 Å². The summed E-state index contributed by atoms with van der Waals surface area (Å²) in [5.74, 6) is -0.923. The van der Waals surface area contributed by atoms with Crippen molar-refractivity contribution in [2.75, 3.05) is 47.5 Å². The fourth-order valence-electron chi connectivity index (χ4n) is 5.19. The van der Waals surface area contributed by atoms with Gasteiger partial charge in [-0.25, -0.2) is 4.57 Å². The molecule has 0 heterocycles. The first-order valence-corrected chi connectivity index (χ1v) is 23.5. The molecule has 0 rings (SSSR count). The summed E-state index contributed by atoms with van der Waals surface area (Å²) in [5, 5.41) is 0. The van der Waals surface area contributed by atoms with Crippen molar-refractivity contribution in [3.05, 3.63) is 97.2 Å². The minimum absolute atomic E-state index is 0.0101. The molecule has 0 bridgehead atoms. The van der Waals surface area contributed by atoms with E-state index in [4.69, 9.17) is 18.5 Å². The van der Waals surface area contributed by atoms with Gasteiger partial charge in [0.25, 0.3) is 0 Å². The van der Waals surface area contributed by atoms with Crippen LogP contribution >= 0.6 is 7.82 Å². The van der Waals surface area contributed by atoms with Crippen LogP contribution in [0.4, 0.5) is 0 Å². The van der Waals surface area contributed by atoms with E-state index in [2.05, 4.69) is 98.9 Å². The number of allylic oxidation sites excluding steroid dienone is 16. The predicted molar refractivity (Wildman–Crippen MR) is 242 cm³/mol. The molecule has 0 aromatic heterocycles. The SMILES string of the molecule is CC/C=C\C/C=C\C/C=C\C/C=C\C/C=C\C/C=C\CCC(=O)O[C@H](COC(=O)CCCCCCC/C=C\C/C=C\CCCCC)COP(=O)(O)OCC[N+](C)(C)C. The molecule has 0 fully saturated rings. The lowest BCUT2D eigenvalue weighted by Gasteiger charge is -2.24. The molecule has 0 spiro atoms. The number of quaternary nitrogens is 1. The molecule has 10 heteroatoms. The fraction of sp³-hybridized carbons (Fsp3) is 0.625. The van der Waals surface area contributed by atoms with E-state index in [9.17, 15) is 19.0 Å². The van der Waals surface area contributed by atoms with Gasteiger partial charge in [0, 0.05) is 12.8 Å². The maximum absolute atomic E-state index is 12.7. The van der Waals surface area contributed by atoms with E-state index < -0.39 is 32.5 Å². The molecule has 0 radical (unpaired) electrons. The predicted octanol–water partition coefficient (Wildman–Crippen LogP) is 12.6. The van der Waals surface area contributed by atoms with E-state index in [1.807, 2.05) is 33.3 Å². The number of phosphoric ester groups is 1. The largest absolute Gasteiger partial charge is 0.472 e. The highest BCUT2D eigenvalue weighted by Crippen LogP contribution is 2.43. The van der Waals surface area contributed by atoms with Gasteiger partial charge >= 0.3 is 19.8 Å². The Balaban J connectivity index is 4.54. The molecule has 1 N–H and O–H groups in total. The molecule has 0 amide bonds. The van der Waals surface area contributed by atoms with Crippen LogP contribution < -0.4 is 0 Å². The van der Waals surface area contributed by atoms with Gasteiger partial charge in [0.2, 0.25) is 0 Å². The van der Waals surface area contributed by atoms with Crippen LogP contribution in [0, 0.1) is 0 Å². The van der Waals surface area contributed by atoms with Crippen molar-refractivity contribution in [2.24, 2.45) is 0 Å². The molecule has 1 unspecified atom stereocenters. The first kappa shape index (κ1) is 54.9. The third kappa shape index (κ3) is 42.5. The molecule has 0 aliphatic rings. The smallest absolute Gasteiger partial charge is 0.462 e. The summed E-state index contributed by atoms with van der Waals surface area (Å²) in [6.07, 6.45) is 51.8. The lowest BCUT2D eigenvalue weighted by atomic mass is 10.1. The van der Waals surface area contributed by atoms with Gasteiger partial charge in [0.15, 0.2) is 6.10 Å². The van der Waals surface area contributed by atoms with Crippen molar-refractivity contribution < 1.29 is 42.1 Å². The highest BCUT2D eigenvalue weighted by Gasteiger charge is 2.27. The Kier molecular flexibility index (Phi) is 37.3. The van der Waals surface area contributed by atoms with Crippen LogP contribution in [0.15, 0.2) is 97.2 Å². The summed E-state index contributed by atoms with van der Waals surface area (Å²) in [6.45, 7) is 4.15. The molecule has 0 aliphatic carbocycles. The first-order valence-electron chi connectivity index (χ1n) is 22.0. The zero-order valence-corrected chi connectivity index (χ0v) is 37.9. The van der Waals surface area contributed by atoms with E-state index in [0.29, 0.717) is 23.9 Å². The molecule has 330 valence electrons. The Morgan fingerprint density at radius 3 is 1.53 bits per heavy atom. The Morgan fingerprint density at radius 2 is 1.02 bits per heavy atom. The monoisotopic (exact) mass is 831 g/mol. The minimum atomic E-state index is -4.40. The highest BCUT2D eigenvalue weighted by atomic mass is 31.2. The molecule has 58 heavy (non-hydrogen) atoms. The van der Waals surface area contributed by atoms with Crippen LogP contribution in [0.2, 0.25) is 0 Å². The lowest BCUT2D eigenvalue weighted by molar-refractivity contribution is -0.870. The number of ether oxygens (including phenoxy) is 2. The second kappa shape index (κ2) is 39.4. The number of carbonyl (C=O) groups is 2. The Labute approximate surface area is 353 Å². The van der Waals surface area contributed by atoms with Crippen molar-refractivity contribution in [1.29, 1.82) is 0 Å². The molecular weight excluding hydrogens is 750 g/mol. The molecule has 0 aromatic rings. The summed E-state index contributed by atoms with van der Waals surface area (Å²) < 4.78 is 34.2. The third-order valence-electron chi connectivity index (χ3n) is 8.61. The Morgan fingerprint density at radius 1 is 0.552 bits per heavy atom. The summed E-state index contributed by atoms with van der Waals surface area (Å²) in [7, 11) is 1.40. The van der Waals surface area contributed by atoms with Crippen molar-refractivity contribution in [3.8, 4) is 0 Å². The number of rotatable bonds is 38. The van der Waals surface area contributed by atoms with E-state index in [-0.39, 0.29) is 26.1 Å². The standard InChI is InChI=1S/C48H80NO8P/c1-6-8-10-12-14-16-18-20-22-23-24-25-27-29-31-33-35-37-39-41-48(51)57-46(45-56-58(52,53)55-43-42-49(3,4)5)44-54-47(50)40-38-36-34-32-30-28-26-21-19-17-15-13-11-9-7-2/h8,10,14-17,20-22,24-26,29,31,35,37,46H,6-7,9,11-13,18-19,23,27-28,30,32-34,36,38-45H2,1-5H3/p+1/b10-8-,16-14-,17-15-,22-20-,25-24-,26-21-,31-29-,37-35-/t46-/m1/s1. The van der Waals surface area contributed by atoms with Crippen molar-refractivity contribution in [3.63, 3.8) is 0 Å². The van der Waals surface area contributed by atoms with Gasteiger partial charge in [-0.3, -0.25) is 18.6 Å². The number of nitrogens with zero attached hydrogens (tertiary/aromatic N) is 1. The summed E-state index contributed by atoms with van der Waals surface area (Å²) in [5.41, 5.74) is 0. The van der Waals surface area contributed by atoms with Gasteiger partial charge in [0.05, 0.1) is 27.7 Å². The van der Waals surface area contributed by atoms with Crippen molar-refractivity contribution in [1.82, 2.24) is 0 Å². The number of phosphoric acid groups is 1. The fourth-order valence-corrected chi connectivity index (χ4v) is 5.93. The zero-order valence-electron chi connectivity index (χ0n) is 37.0. The van der Waals surface area contributed by atoms with Gasteiger partial charge < -0.3 is 18.9 Å². The van der Waals surface area contributed by atoms with Gasteiger partial charge in [0.1, 0.15) is 19.8 Å². The van der Waals surface area contributed by atoms with Crippen LogP contribution in [0.25, 0.3) is 0 Å². The topological polar surface area (TPSA) is 108 Å². The first-order chi connectivity index (χ1) is 28.0. The van der Waals surface area contributed by atoms with Gasteiger partial charge in [-0.15, -0.1) is 0 Å². The number of likely N-dealkylation sites (N-methyl/N-ethyl adjacent to an activating group) is 1. The summed E-state index contributed by atoms with van der Waals surface area (Å²) >= 11 is 0. The number of hydrogen-bond donors (Lipinski definition) is 1. The average molecular weight is 831 g/mol. The van der Waals surface area contributed by atoms with Crippen LogP contribution in [0.1, 0.15) is 142 Å². The molecule has 0 aromatic carbocycles. The van der Waals surface area contributed by atoms with Crippen molar-refractivity contribution >= 4 is 19.8 Å². The molecular formula is C48H81NO8P+. The number of esters is 2. The van der Waals surface area contributed by atoms with Crippen LogP contribution in [-0.4, -0.2) is 74.9 Å². The van der Waals surface area contributed by atoms with E-state index >= 15 is 0 Å². The molecule has 0 aliphatic heterocycles. The quantitative estimate of drug-likeness (QED) is 0.0215. The molecule has 9 nitrogen and oxygen atoms in total. The van der Waals surface area contributed by atoms with Gasteiger partial charge in [-0.1, -0.05) is 143 Å². The number of hydrogen-bond acceptors (Lipinski definition) is 7. The molecule has 0 saturated heterocycles. The van der Waals surface area contributed by atoms with Crippen molar-refractivity contribution in [2.45, 2.75) is 148 Å². The number of unbranched alkanes of at least 4 members (excludes halogenated alkanes) is 8. The zero-order chi connectivity index (χ0) is 42.8. The minimum Gasteiger partial charge on any atom is -0.462 e. The maximum atomic E-state index is 12.7.